The summed E-state index contributed by atoms with van der Waals surface area (Å²) in [4.78, 5) is 12.0. The van der Waals surface area contributed by atoms with Gasteiger partial charge in [-0.05, 0) is 19.9 Å². The Labute approximate surface area is 120 Å². The number of nitrogens with one attached hydrogen (secondary N) is 1. The average molecular weight is 302 g/mol. The van der Waals surface area contributed by atoms with E-state index in [1.165, 1.54) is 0 Å². The summed E-state index contributed by atoms with van der Waals surface area (Å²) in [5.41, 5.74) is 3.36. The molecule has 7 heteroatoms. The molecular formula is C14H17F3N2O2. The van der Waals surface area contributed by atoms with Gasteiger partial charge in [0.15, 0.2) is 0 Å². The highest BCUT2D eigenvalue weighted by Crippen LogP contribution is 2.43. The number of benzene rings is 1. The number of rotatable bonds is 3. The zero-order chi connectivity index (χ0) is 15.9. The van der Waals surface area contributed by atoms with Crippen LogP contribution in [0.5, 0.6) is 5.75 Å². The summed E-state index contributed by atoms with van der Waals surface area (Å²) in [7, 11) is 0. The first-order valence-electron chi connectivity index (χ1n) is 6.46. The smallest absolute Gasteiger partial charge is 0.401 e. The number of fused-ring (bicyclic) bond motifs is 1. The Morgan fingerprint density at radius 3 is 2.57 bits per heavy atom. The fourth-order valence-corrected chi connectivity index (χ4v) is 2.69. The second kappa shape index (κ2) is 4.91. The molecule has 116 valence electrons. The van der Waals surface area contributed by atoms with Crippen molar-refractivity contribution in [3.8, 4) is 5.75 Å². The van der Waals surface area contributed by atoms with Gasteiger partial charge in [-0.3, -0.25) is 10.1 Å². The predicted molar refractivity (Wildman–Crippen MR) is 70.7 cm³/mol. The van der Waals surface area contributed by atoms with E-state index >= 15 is 0 Å². The maximum Gasteiger partial charge on any atom is 0.401 e. The largest absolute Gasteiger partial charge is 0.487 e. The molecule has 0 fully saturated rings. The highest BCUT2D eigenvalue weighted by atomic mass is 19.4. The molecule has 2 rings (SSSR count). The highest BCUT2D eigenvalue weighted by molar-refractivity contribution is 5.87. The van der Waals surface area contributed by atoms with Crippen molar-refractivity contribution in [1.82, 2.24) is 5.32 Å². The molecule has 21 heavy (non-hydrogen) atoms. The standard InChI is InChI=1S/C14H17F3N2O2/c1-12(2)7-13(11(18)20,19-8-14(15,16)17)9-5-3-4-6-10(9)21-12/h3-6,19H,7-8H2,1-2H3,(H2,18,20). The lowest BCUT2D eigenvalue weighted by Gasteiger charge is -2.44. The third-order valence-electron chi connectivity index (χ3n) is 3.44. The highest BCUT2D eigenvalue weighted by Gasteiger charge is 2.50. The minimum Gasteiger partial charge on any atom is -0.487 e. The van der Waals surface area contributed by atoms with Crippen LogP contribution in [0.2, 0.25) is 0 Å². The first kappa shape index (κ1) is 15.6. The van der Waals surface area contributed by atoms with Crippen LogP contribution in [0, 0.1) is 0 Å². The Morgan fingerprint density at radius 2 is 2.00 bits per heavy atom. The third kappa shape index (κ3) is 3.12. The molecule has 3 N–H and O–H groups in total. The van der Waals surface area contributed by atoms with Crippen molar-refractivity contribution in [1.29, 1.82) is 0 Å². The number of carbonyl (C=O) groups is 1. The lowest BCUT2D eigenvalue weighted by molar-refractivity contribution is -0.141. The van der Waals surface area contributed by atoms with Gasteiger partial charge in [0.2, 0.25) is 5.91 Å². The minimum absolute atomic E-state index is 0.0163. The number of nitrogens with two attached hydrogens (primary N) is 1. The topological polar surface area (TPSA) is 64.3 Å². The zero-order valence-corrected chi connectivity index (χ0v) is 11.8. The molecule has 1 unspecified atom stereocenters. The number of halogens is 3. The molecule has 1 aliphatic heterocycles. The van der Waals surface area contributed by atoms with Crippen molar-refractivity contribution in [3.63, 3.8) is 0 Å². The summed E-state index contributed by atoms with van der Waals surface area (Å²) < 4.78 is 43.4. The van der Waals surface area contributed by atoms with Gasteiger partial charge in [0, 0.05) is 12.0 Å². The van der Waals surface area contributed by atoms with Crippen LogP contribution in [0.25, 0.3) is 0 Å². The normalized spacial score (nSPS) is 24.0. The SMILES string of the molecule is CC1(C)CC(NCC(F)(F)F)(C(N)=O)c2ccccc2O1. The van der Waals surface area contributed by atoms with Gasteiger partial charge in [-0.1, -0.05) is 18.2 Å². The first-order valence-corrected chi connectivity index (χ1v) is 6.46. The number of hydrogen-bond acceptors (Lipinski definition) is 3. The van der Waals surface area contributed by atoms with Crippen LogP contribution in [0.4, 0.5) is 13.2 Å². The van der Waals surface area contributed by atoms with Crippen LogP contribution in [-0.2, 0) is 10.3 Å². The molecule has 1 atom stereocenters. The van der Waals surface area contributed by atoms with E-state index in [4.69, 9.17) is 10.5 Å². The number of primary amides is 1. The van der Waals surface area contributed by atoms with E-state index in [-0.39, 0.29) is 6.42 Å². The second-order valence-corrected chi connectivity index (χ2v) is 5.77. The van der Waals surface area contributed by atoms with E-state index in [1.807, 2.05) is 0 Å². The summed E-state index contributed by atoms with van der Waals surface area (Å²) in [5.74, 6) is -0.488. The number of amides is 1. The summed E-state index contributed by atoms with van der Waals surface area (Å²) in [6.45, 7) is 2.10. The summed E-state index contributed by atoms with van der Waals surface area (Å²) in [6.07, 6.45) is -4.43. The van der Waals surface area contributed by atoms with Gasteiger partial charge in [-0.15, -0.1) is 0 Å². The number of ether oxygens (including phenoxy) is 1. The molecule has 0 aromatic heterocycles. The van der Waals surface area contributed by atoms with Crippen LogP contribution in [0.3, 0.4) is 0 Å². The van der Waals surface area contributed by atoms with E-state index in [2.05, 4.69) is 5.32 Å². The molecule has 0 aliphatic carbocycles. The summed E-state index contributed by atoms with van der Waals surface area (Å²) in [5, 5.41) is 2.31. The Morgan fingerprint density at radius 1 is 1.38 bits per heavy atom. The lowest BCUT2D eigenvalue weighted by Crippen LogP contribution is -2.60. The van der Waals surface area contributed by atoms with Gasteiger partial charge in [0.1, 0.15) is 16.9 Å². The molecule has 0 radical (unpaired) electrons. The predicted octanol–water partition coefficient (Wildman–Crippen LogP) is 2.08. The first-order chi connectivity index (χ1) is 9.56. The molecule has 1 aromatic carbocycles. The van der Waals surface area contributed by atoms with Crippen molar-refractivity contribution >= 4 is 5.91 Å². The van der Waals surface area contributed by atoms with Gasteiger partial charge in [-0.25, -0.2) is 0 Å². The Kier molecular flexibility index (Phi) is 3.65. The molecule has 1 aliphatic rings. The zero-order valence-electron chi connectivity index (χ0n) is 11.8. The number of para-hydroxylation sites is 1. The van der Waals surface area contributed by atoms with Crippen LogP contribution >= 0.6 is 0 Å². The van der Waals surface area contributed by atoms with Crippen molar-refractivity contribution < 1.29 is 22.7 Å². The average Bonchev–Trinajstić information content (AvgIpc) is 2.33. The Balaban J connectivity index is 2.51. The molecule has 1 aromatic rings. The summed E-state index contributed by atoms with van der Waals surface area (Å²) in [6, 6.07) is 6.49. The van der Waals surface area contributed by atoms with E-state index in [9.17, 15) is 18.0 Å². The fourth-order valence-electron chi connectivity index (χ4n) is 2.69. The van der Waals surface area contributed by atoms with Gasteiger partial charge in [-0.2, -0.15) is 13.2 Å². The maximum atomic E-state index is 12.6. The maximum absolute atomic E-state index is 12.6. The van der Waals surface area contributed by atoms with Crippen molar-refractivity contribution in [3.05, 3.63) is 29.8 Å². The minimum atomic E-state index is -4.44. The van der Waals surface area contributed by atoms with Crippen molar-refractivity contribution in [2.45, 2.75) is 37.6 Å². The number of carbonyl (C=O) groups excluding carboxylic acids is 1. The quantitative estimate of drug-likeness (QED) is 0.898. The molecule has 4 nitrogen and oxygen atoms in total. The van der Waals surface area contributed by atoms with Crippen LogP contribution in [0.15, 0.2) is 24.3 Å². The summed E-state index contributed by atoms with van der Waals surface area (Å²) >= 11 is 0. The van der Waals surface area contributed by atoms with Gasteiger partial charge < -0.3 is 10.5 Å². The monoisotopic (exact) mass is 302 g/mol. The van der Waals surface area contributed by atoms with E-state index in [1.54, 1.807) is 38.1 Å². The number of hydrogen-bond donors (Lipinski definition) is 2. The van der Waals surface area contributed by atoms with Crippen LogP contribution in [0.1, 0.15) is 25.8 Å². The van der Waals surface area contributed by atoms with Gasteiger partial charge >= 0.3 is 6.18 Å². The molecule has 0 spiro atoms. The molecule has 0 bridgehead atoms. The molecule has 1 amide bonds. The second-order valence-electron chi connectivity index (χ2n) is 5.77. The van der Waals surface area contributed by atoms with Crippen molar-refractivity contribution in [2.75, 3.05) is 6.54 Å². The fraction of sp³-hybridized carbons (Fsp3) is 0.500. The van der Waals surface area contributed by atoms with E-state index in [0.29, 0.717) is 11.3 Å². The molecule has 1 heterocycles. The lowest BCUT2D eigenvalue weighted by atomic mass is 9.77. The van der Waals surface area contributed by atoms with Crippen LogP contribution in [-0.4, -0.2) is 24.2 Å². The van der Waals surface area contributed by atoms with E-state index in [0.717, 1.165) is 0 Å². The molecule has 0 saturated carbocycles. The van der Waals surface area contributed by atoms with E-state index < -0.39 is 29.8 Å². The Bertz CT molecular complexity index is 557. The van der Waals surface area contributed by atoms with Gasteiger partial charge in [0.25, 0.3) is 0 Å². The van der Waals surface area contributed by atoms with Crippen molar-refractivity contribution in [2.24, 2.45) is 5.73 Å². The Hall–Kier alpha value is -1.76. The molecular weight excluding hydrogens is 285 g/mol. The number of alkyl halides is 3. The third-order valence-corrected chi connectivity index (χ3v) is 3.44. The molecule has 0 saturated heterocycles. The van der Waals surface area contributed by atoms with Crippen LogP contribution < -0.4 is 15.8 Å². The van der Waals surface area contributed by atoms with Gasteiger partial charge in [0.05, 0.1) is 6.54 Å².